The quantitative estimate of drug-likeness (QED) is 0.863. The van der Waals surface area contributed by atoms with E-state index in [-0.39, 0.29) is 6.04 Å². The van der Waals surface area contributed by atoms with Gasteiger partial charge in [-0.15, -0.1) is 0 Å². The molecule has 2 aromatic rings. The van der Waals surface area contributed by atoms with Gasteiger partial charge in [0.1, 0.15) is 5.82 Å². The fourth-order valence-corrected chi connectivity index (χ4v) is 3.19. The molecular formula is C15H21N3O. The van der Waals surface area contributed by atoms with Gasteiger partial charge >= 0.3 is 0 Å². The predicted octanol–water partition coefficient (Wildman–Crippen LogP) is 1.75. The second-order valence-corrected chi connectivity index (χ2v) is 5.83. The van der Waals surface area contributed by atoms with Crippen LogP contribution in [0, 0.1) is 0 Å². The van der Waals surface area contributed by atoms with E-state index in [4.69, 9.17) is 5.73 Å². The molecule has 0 bridgehead atoms. The monoisotopic (exact) mass is 259 g/mol. The minimum atomic E-state index is -0.688. The minimum absolute atomic E-state index is 0.119. The smallest absolute Gasteiger partial charge is 0.112 e. The molecule has 102 valence electrons. The van der Waals surface area contributed by atoms with Crippen LogP contribution in [0.5, 0.6) is 0 Å². The van der Waals surface area contributed by atoms with Crippen molar-refractivity contribution in [2.75, 3.05) is 0 Å². The van der Waals surface area contributed by atoms with Crippen molar-refractivity contribution in [2.24, 2.45) is 12.8 Å². The molecule has 1 fully saturated rings. The van der Waals surface area contributed by atoms with Crippen LogP contribution < -0.4 is 5.73 Å². The Morgan fingerprint density at radius 3 is 3.00 bits per heavy atom. The zero-order valence-electron chi connectivity index (χ0n) is 11.3. The third-order valence-electron chi connectivity index (χ3n) is 4.23. The topological polar surface area (TPSA) is 64.1 Å². The van der Waals surface area contributed by atoms with Gasteiger partial charge < -0.3 is 15.4 Å². The Morgan fingerprint density at radius 2 is 2.26 bits per heavy atom. The van der Waals surface area contributed by atoms with E-state index >= 15 is 0 Å². The lowest BCUT2D eigenvalue weighted by atomic mass is 9.80. The summed E-state index contributed by atoms with van der Waals surface area (Å²) in [5.74, 6) is 0.942. The summed E-state index contributed by atoms with van der Waals surface area (Å²) in [6, 6.07) is 8.19. The number of hydrogen-bond acceptors (Lipinski definition) is 3. The summed E-state index contributed by atoms with van der Waals surface area (Å²) in [6.45, 7) is 0. The van der Waals surface area contributed by atoms with Gasteiger partial charge in [-0.25, -0.2) is 4.98 Å². The van der Waals surface area contributed by atoms with Gasteiger partial charge in [-0.1, -0.05) is 12.1 Å². The van der Waals surface area contributed by atoms with Crippen LogP contribution in [-0.2, 0) is 13.5 Å². The third-order valence-corrected chi connectivity index (χ3v) is 4.23. The summed E-state index contributed by atoms with van der Waals surface area (Å²) in [6.07, 6.45) is 4.11. The third kappa shape index (κ3) is 2.38. The fraction of sp³-hybridized carbons (Fsp3) is 0.533. The number of aromatic nitrogens is 2. The van der Waals surface area contributed by atoms with Crippen LogP contribution in [0.4, 0.5) is 0 Å². The van der Waals surface area contributed by atoms with Crippen LogP contribution in [0.1, 0.15) is 31.5 Å². The van der Waals surface area contributed by atoms with E-state index in [0.29, 0.717) is 12.8 Å². The van der Waals surface area contributed by atoms with E-state index in [0.717, 1.165) is 36.1 Å². The largest absolute Gasteiger partial charge is 0.389 e. The van der Waals surface area contributed by atoms with Gasteiger partial charge in [0.25, 0.3) is 0 Å². The number of hydrogen-bond donors (Lipinski definition) is 2. The zero-order valence-corrected chi connectivity index (χ0v) is 11.3. The molecule has 2 unspecified atom stereocenters. The number of fused-ring (bicyclic) bond motifs is 1. The van der Waals surface area contributed by atoms with Gasteiger partial charge in [-0.2, -0.15) is 0 Å². The molecule has 0 amide bonds. The van der Waals surface area contributed by atoms with E-state index in [1.54, 1.807) is 0 Å². The molecule has 0 radical (unpaired) electrons. The number of aryl methyl sites for hydroxylation is 1. The van der Waals surface area contributed by atoms with Crippen molar-refractivity contribution >= 4 is 11.0 Å². The molecule has 2 atom stereocenters. The van der Waals surface area contributed by atoms with Crippen molar-refractivity contribution in [1.29, 1.82) is 0 Å². The number of para-hydroxylation sites is 2. The second-order valence-electron chi connectivity index (χ2n) is 5.83. The molecule has 0 saturated heterocycles. The summed E-state index contributed by atoms with van der Waals surface area (Å²) in [5, 5.41) is 10.7. The summed E-state index contributed by atoms with van der Waals surface area (Å²) >= 11 is 0. The Morgan fingerprint density at radius 1 is 1.47 bits per heavy atom. The lowest BCUT2D eigenvalue weighted by Crippen LogP contribution is -2.43. The Labute approximate surface area is 113 Å². The molecule has 1 aromatic carbocycles. The van der Waals surface area contributed by atoms with Gasteiger partial charge in [0.05, 0.1) is 16.6 Å². The molecular weight excluding hydrogens is 238 g/mol. The maximum atomic E-state index is 10.7. The average molecular weight is 259 g/mol. The summed E-state index contributed by atoms with van der Waals surface area (Å²) < 4.78 is 2.08. The molecule has 4 heteroatoms. The highest BCUT2D eigenvalue weighted by Crippen LogP contribution is 2.31. The average Bonchev–Trinajstić information content (AvgIpc) is 2.66. The molecule has 1 aromatic heterocycles. The van der Waals surface area contributed by atoms with E-state index in [2.05, 4.69) is 15.6 Å². The van der Waals surface area contributed by atoms with Gasteiger partial charge in [-0.05, 0) is 37.8 Å². The molecule has 1 heterocycles. The molecule has 1 aliphatic carbocycles. The fourth-order valence-electron chi connectivity index (χ4n) is 3.19. The van der Waals surface area contributed by atoms with Gasteiger partial charge in [0.2, 0.25) is 0 Å². The van der Waals surface area contributed by atoms with Crippen molar-refractivity contribution < 1.29 is 5.11 Å². The number of benzene rings is 1. The van der Waals surface area contributed by atoms with Crippen molar-refractivity contribution in [3.05, 3.63) is 30.1 Å². The van der Waals surface area contributed by atoms with Crippen LogP contribution >= 0.6 is 0 Å². The van der Waals surface area contributed by atoms with Crippen molar-refractivity contribution in [3.63, 3.8) is 0 Å². The SMILES string of the molecule is Cn1c(CC2(O)CCCC(N)C2)nc2ccccc21. The first kappa shape index (κ1) is 12.6. The highest BCUT2D eigenvalue weighted by molar-refractivity contribution is 5.75. The standard InChI is InChI=1S/C15H21N3O/c1-18-13-7-3-2-6-12(13)17-14(18)10-15(19)8-4-5-11(16)9-15/h2-3,6-7,11,19H,4-5,8-10,16H2,1H3. The molecule has 0 spiro atoms. The minimum Gasteiger partial charge on any atom is -0.389 e. The summed E-state index contributed by atoms with van der Waals surface area (Å²) in [4.78, 5) is 4.64. The van der Waals surface area contributed by atoms with Crippen LogP contribution in [0.15, 0.2) is 24.3 Å². The van der Waals surface area contributed by atoms with Gasteiger partial charge in [0, 0.05) is 19.5 Å². The van der Waals surface area contributed by atoms with Crippen LogP contribution in [0.3, 0.4) is 0 Å². The number of nitrogens with two attached hydrogens (primary N) is 1. The molecule has 1 saturated carbocycles. The highest BCUT2D eigenvalue weighted by Gasteiger charge is 2.34. The lowest BCUT2D eigenvalue weighted by molar-refractivity contribution is -0.00396. The Bertz CT molecular complexity index is 592. The second kappa shape index (κ2) is 4.62. The van der Waals surface area contributed by atoms with Crippen LogP contribution in [0.2, 0.25) is 0 Å². The first-order valence-electron chi connectivity index (χ1n) is 6.96. The number of aliphatic hydroxyl groups is 1. The normalized spacial score (nSPS) is 27.8. The Hall–Kier alpha value is -1.39. The van der Waals surface area contributed by atoms with Crippen LogP contribution in [-0.4, -0.2) is 26.3 Å². The number of imidazole rings is 1. The van der Waals surface area contributed by atoms with Gasteiger partial charge in [0.15, 0.2) is 0 Å². The van der Waals surface area contributed by atoms with Crippen molar-refractivity contribution in [1.82, 2.24) is 9.55 Å². The first-order valence-corrected chi connectivity index (χ1v) is 6.96. The van der Waals surface area contributed by atoms with Crippen LogP contribution in [0.25, 0.3) is 11.0 Å². The van der Waals surface area contributed by atoms with Gasteiger partial charge in [-0.3, -0.25) is 0 Å². The molecule has 0 aliphatic heterocycles. The molecule has 3 N–H and O–H groups in total. The lowest BCUT2D eigenvalue weighted by Gasteiger charge is -2.35. The number of nitrogens with zero attached hydrogens (tertiary/aromatic N) is 2. The van der Waals surface area contributed by atoms with E-state index in [1.807, 2.05) is 25.2 Å². The maximum absolute atomic E-state index is 10.7. The first-order chi connectivity index (χ1) is 9.07. The summed E-state index contributed by atoms with van der Waals surface area (Å²) in [5.41, 5.74) is 7.40. The van der Waals surface area contributed by atoms with Crippen molar-refractivity contribution in [3.8, 4) is 0 Å². The van der Waals surface area contributed by atoms with E-state index in [1.165, 1.54) is 0 Å². The summed E-state index contributed by atoms with van der Waals surface area (Å²) in [7, 11) is 2.01. The molecule has 4 nitrogen and oxygen atoms in total. The zero-order chi connectivity index (χ0) is 13.5. The molecule has 1 aliphatic rings. The number of rotatable bonds is 2. The predicted molar refractivity (Wildman–Crippen MR) is 75.8 cm³/mol. The Kier molecular flexibility index (Phi) is 3.07. The Balaban J connectivity index is 1.90. The molecule has 3 rings (SSSR count). The maximum Gasteiger partial charge on any atom is 0.112 e. The van der Waals surface area contributed by atoms with E-state index in [9.17, 15) is 5.11 Å². The highest BCUT2D eigenvalue weighted by atomic mass is 16.3. The molecule has 19 heavy (non-hydrogen) atoms. The van der Waals surface area contributed by atoms with Crippen molar-refractivity contribution in [2.45, 2.75) is 43.7 Å². The van der Waals surface area contributed by atoms with E-state index < -0.39 is 5.60 Å².